The number of rotatable bonds is 2. The molecule has 1 fully saturated rings. The van der Waals surface area contributed by atoms with Crippen molar-refractivity contribution < 1.29 is 9.59 Å². The quantitative estimate of drug-likeness (QED) is 0.791. The van der Waals surface area contributed by atoms with Crippen LogP contribution >= 0.6 is 0 Å². The van der Waals surface area contributed by atoms with Gasteiger partial charge in [0.2, 0.25) is 5.91 Å². The summed E-state index contributed by atoms with van der Waals surface area (Å²) in [6, 6.07) is 0.0463. The average Bonchev–Trinajstić information content (AvgIpc) is 2.91. The summed E-state index contributed by atoms with van der Waals surface area (Å²) in [5.74, 6) is -0.141. The monoisotopic (exact) mass is 280 g/mol. The summed E-state index contributed by atoms with van der Waals surface area (Å²) in [7, 11) is 0. The third kappa shape index (κ3) is 3.31. The third-order valence-corrected chi connectivity index (χ3v) is 3.31. The van der Waals surface area contributed by atoms with E-state index in [4.69, 9.17) is 0 Å². The van der Waals surface area contributed by atoms with Gasteiger partial charge < -0.3 is 10.2 Å². The van der Waals surface area contributed by atoms with Crippen LogP contribution in [-0.4, -0.2) is 56.5 Å². The van der Waals surface area contributed by atoms with Gasteiger partial charge in [-0.1, -0.05) is 20.8 Å². The topological polar surface area (TPSA) is 104 Å². The highest BCUT2D eigenvalue weighted by molar-refractivity contribution is 5.90. The molecule has 0 aromatic carbocycles. The van der Waals surface area contributed by atoms with Crippen molar-refractivity contribution in [2.75, 3.05) is 13.1 Å². The molecule has 0 radical (unpaired) electrons. The molecule has 1 aromatic rings. The zero-order valence-corrected chi connectivity index (χ0v) is 12.0. The van der Waals surface area contributed by atoms with E-state index in [1.165, 1.54) is 0 Å². The van der Waals surface area contributed by atoms with Crippen molar-refractivity contribution in [3.8, 4) is 0 Å². The molecule has 2 amide bonds. The molecule has 1 aromatic heterocycles. The number of aromatic amines is 1. The van der Waals surface area contributed by atoms with E-state index >= 15 is 0 Å². The van der Waals surface area contributed by atoms with Crippen molar-refractivity contribution in [2.24, 2.45) is 5.41 Å². The molecule has 8 heteroatoms. The van der Waals surface area contributed by atoms with Crippen molar-refractivity contribution in [3.05, 3.63) is 5.82 Å². The van der Waals surface area contributed by atoms with E-state index in [0.717, 1.165) is 12.8 Å². The Morgan fingerprint density at radius 2 is 1.95 bits per heavy atom. The predicted molar refractivity (Wildman–Crippen MR) is 70.7 cm³/mol. The lowest BCUT2D eigenvalue weighted by Gasteiger charge is -2.35. The SMILES string of the molecule is CC(C)(C)C(=O)N1CCC(NC(=O)c2nn[nH]n2)CC1. The maximum Gasteiger partial charge on any atom is 0.293 e. The first-order valence-electron chi connectivity index (χ1n) is 6.71. The fourth-order valence-electron chi connectivity index (χ4n) is 2.21. The number of amides is 2. The molecule has 0 atom stereocenters. The summed E-state index contributed by atoms with van der Waals surface area (Å²) >= 11 is 0. The van der Waals surface area contributed by atoms with Gasteiger partial charge >= 0.3 is 0 Å². The van der Waals surface area contributed by atoms with Crippen LogP contribution in [-0.2, 0) is 4.79 Å². The smallest absolute Gasteiger partial charge is 0.293 e. The summed E-state index contributed by atoms with van der Waals surface area (Å²) in [5, 5.41) is 15.7. The minimum Gasteiger partial charge on any atom is -0.346 e. The maximum absolute atomic E-state index is 12.1. The van der Waals surface area contributed by atoms with Gasteiger partial charge in [-0.2, -0.15) is 5.21 Å². The van der Waals surface area contributed by atoms with Gasteiger partial charge in [0.15, 0.2) is 0 Å². The Bertz CT molecular complexity index is 471. The number of carbonyl (C=O) groups excluding carboxylic acids is 2. The summed E-state index contributed by atoms with van der Waals surface area (Å²) in [6.07, 6.45) is 1.48. The van der Waals surface area contributed by atoms with Crippen LogP contribution in [0.25, 0.3) is 0 Å². The molecule has 20 heavy (non-hydrogen) atoms. The normalized spacial score (nSPS) is 17.1. The fourth-order valence-corrected chi connectivity index (χ4v) is 2.21. The molecule has 0 spiro atoms. The van der Waals surface area contributed by atoms with Gasteiger partial charge in [0.25, 0.3) is 11.7 Å². The van der Waals surface area contributed by atoms with Gasteiger partial charge in [-0.15, -0.1) is 10.2 Å². The van der Waals surface area contributed by atoms with Crippen LogP contribution in [0.5, 0.6) is 0 Å². The Morgan fingerprint density at radius 1 is 1.30 bits per heavy atom. The molecule has 2 N–H and O–H groups in total. The van der Waals surface area contributed by atoms with Gasteiger partial charge in [0, 0.05) is 24.5 Å². The molecular weight excluding hydrogens is 260 g/mol. The first-order chi connectivity index (χ1) is 9.38. The Kier molecular flexibility index (Phi) is 4.01. The van der Waals surface area contributed by atoms with Crippen LogP contribution in [0.1, 0.15) is 44.2 Å². The second kappa shape index (κ2) is 5.56. The molecule has 0 aliphatic carbocycles. The fraction of sp³-hybridized carbons (Fsp3) is 0.750. The van der Waals surface area contributed by atoms with Gasteiger partial charge in [-0.3, -0.25) is 9.59 Å². The highest BCUT2D eigenvalue weighted by Crippen LogP contribution is 2.21. The largest absolute Gasteiger partial charge is 0.346 e. The lowest BCUT2D eigenvalue weighted by Crippen LogP contribution is -2.49. The van der Waals surface area contributed by atoms with E-state index in [0.29, 0.717) is 13.1 Å². The van der Waals surface area contributed by atoms with Gasteiger partial charge in [0.1, 0.15) is 0 Å². The van der Waals surface area contributed by atoms with Crippen LogP contribution in [0.3, 0.4) is 0 Å². The van der Waals surface area contributed by atoms with E-state index in [1.807, 2.05) is 25.7 Å². The van der Waals surface area contributed by atoms with Crippen LogP contribution in [0.2, 0.25) is 0 Å². The summed E-state index contributed by atoms with van der Waals surface area (Å²) in [6.45, 7) is 7.07. The number of nitrogens with zero attached hydrogens (tertiary/aromatic N) is 4. The van der Waals surface area contributed by atoms with E-state index in [1.54, 1.807) is 0 Å². The number of hydrogen-bond donors (Lipinski definition) is 2. The van der Waals surface area contributed by atoms with Crippen molar-refractivity contribution >= 4 is 11.8 Å². The number of piperidine rings is 1. The lowest BCUT2D eigenvalue weighted by atomic mass is 9.93. The van der Waals surface area contributed by atoms with Gasteiger partial charge in [-0.25, -0.2) is 0 Å². The first-order valence-corrected chi connectivity index (χ1v) is 6.71. The van der Waals surface area contributed by atoms with E-state index in [-0.39, 0.29) is 29.1 Å². The van der Waals surface area contributed by atoms with Crippen LogP contribution in [0.15, 0.2) is 0 Å². The molecule has 2 rings (SSSR count). The van der Waals surface area contributed by atoms with Crippen LogP contribution < -0.4 is 5.32 Å². The van der Waals surface area contributed by atoms with E-state index < -0.39 is 0 Å². The Hall–Kier alpha value is -1.99. The number of hydrogen-bond acceptors (Lipinski definition) is 5. The highest BCUT2D eigenvalue weighted by atomic mass is 16.2. The molecular formula is C12H20N6O2. The minimum atomic E-state index is -0.360. The summed E-state index contributed by atoms with van der Waals surface area (Å²) in [4.78, 5) is 25.8. The summed E-state index contributed by atoms with van der Waals surface area (Å²) in [5.41, 5.74) is -0.360. The Labute approximate surface area is 117 Å². The molecule has 1 aliphatic heterocycles. The number of likely N-dealkylation sites (tertiary alicyclic amines) is 1. The van der Waals surface area contributed by atoms with Crippen molar-refractivity contribution in [3.63, 3.8) is 0 Å². The minimum absolute atomic E-state index is 0.0400. The van der Waals surface area contributed by atoms with Gasteiger partial charge in [0.05, 0.1) is 0 Å². The number of tetrazole rings is 1. The van der Waals surface area contributed by atoms with E-state index in [2.05, 4.69) is 25.9 Å². The van der Waals surface area contributed by atoms with E-state index in [9.17, 15) is 9.59 Å². The van der Waals surface area contributed by atoms with Gasteiger partial charge in [-0.05, 0) is 18.1 Å². The first kappa shape index (κ1) is 14.4. The predicted octanol–water partition coefficient (Wildman–Crippen LogP) is -0.0334. The average molecular weight is 280 g/mol. The Morgan fingerprint density at radius 3 is 2.45 bits per heavy atom. The van der Waals surface area contributed by atoms with Crippen molar-refractivity contribution in [1.82, 2.24) is 30.8 Å². The number of nitrogens with one attached hydrogen (secondary N) is 2. The second-order valence-corrected chi connectivity index (χ2v) is 6.03. The lowest BCUT2D eigenvalue weighted by molar-refractivity contribution is -0.140. The molecule has 1 saturated heterocycles. The zero-order chi connectivity index (χ0) is 14.8. The van der Waals surface area contributed by atoms with Crippen LogP contribution in [0, 0.1) is 5.41 Å². The zero-order valence-electron chi connectivity index (χ0n) is 12.0. The number of aromatic nitrogens is 4. The summed E-state index contributed by atoms with van der Waals surface area (Å²) < 4.78 is 0. The molecule has 8 nitrogen and oxygen atoms in total. The third-order valence-electron chi connectivity index (χ3n) is 3.31. The molecule has 0 unspecified atom stereocenters. The van der Waals surface area contributed by atoms with Crippen LogP contribution in [0.4, 0.5) is 0 Å². The molecule has 0 saturated carbocycles. The number of H-pyrrole nitrogens is 1. The molecule has 2 heterocycles. The Balaban J connectivity index is 1.83. The van der Waals surface area contributed by atoms with Crippen molar-refractivity contribution in [2.45, 2.75) is 39.7 Å². The number of carbonyl (C=O) groups is 2. The molecule has 1 aliphatic rings. The standard InChI is InChI=1S/C12H20N6O2/c1-12(2,3)11(20)18-6-4-8(5-7-18)13-10(19)9-14-16-17-15-9/h8H,4-7H2,1-3H3,(H,13,19)(H,14,15,16,17). The maximum atomic E-state index is 12.1. The molecule has 0 bridgehead atoms. The molecule has 110 valence electrons. The highest BCUT2D eigenvalue weighted by Gasteiger charge is 2.31. The van der Waals surface area contributed by atoms with Crippen molar-refractivity contribution in [1.29, 1.82) is 0 Å². The second-order valence-electron chi connectivity index (χ2n) is 6.03.